The lowest BCUT2D eigenvalue weighted by atomic mass is 9.99. The first-order valence-corrected chi connectivity index (χ1v) is 5.41. The van der Waals surface area contributed by atoms with Crippen molar-refractivity contribution in [2.24, 2.45) is 0 Å². The lowest BCUT2D eigenvalue weighted by Crippen LogP contribution is -2.31. The zero-order valence-electron chi connectivity index (χ0n) is 9.50. The van der Waals surface area contributed by atoms with E-state index < -0.39 is 0 Å². The SMILES string of the molecule is CCC1NCCc2c(OC)nc(C)nc21. The summed E-state index contributed by atoms with van der Waals surface area (Å²) in [6.07, 6.45) is 2.00. The summed E-state index contributed by atoms with van der Waals surface area (Å²) >= 11 is 0. The summed E-state index contributed by atoms with van der Waals surface area (Å²) in [5, 5.41) is 3.46. The molecule has 2 rings (SSSR count). The van der Waals surface area contributed by atoms with Crippen LogP contribution in [0.1, 0.15) is 36.5 Å². The molecule has 0 amide bonds. The number of methoxy groups -OCH3 is 1. The minimum Gasteiger partial charge on any atom is -0.481 e. The molecule has 1 aromatic rings. The van der Waals surface area contributed by atoms with Crippen LogP contribution in [0.15, 0.2) is 0 Å². The Kier molecular flexibility index (Phi) is 2.86. The van der Waals surface area contributed by atoms with E-state index in [4.69, 9.17) is 4.74 Å². The van der Waals surface area contributed by atoms with Crippen molar-refractivity contribution in [1.29, 1.82) is 0 Å². The van der Waals surface area contributed by atoms with Gasteiger partial charge in [-0.3, -0.25) is 0 Å². The third kappa shape index (κ3) is 1.81. The monoisotopic (exact) mass is 207 g/mol. The smallest absolute Gasteiger partial charge is 0.219 e. The molecule has 2 heterocycles. The predicted molar refractivity (Wildman–Crippen MR) is 58.1 cm³/mol. The van der Waals surface area contributed by atoms with E-state index in [1.807, 2.05) is 6.92 Å². The van der Waals surface area contributed by atoms with Crippen LogP contribution in [0.25, 0.3) is 0 Å². The maximum atomic E-state index is 5.31. The van der Waals surface area contributed by atoms with Crippen molar-refractivity contribution in [2.45, 2.75) is 32.7 Å². The average molecular weight is 207 g/mol. The van der Waals surface area contributed by atoms with Crippen LogP contribution in [-0.4, -0.2) is 23.6 Å². The Balaban J connectivity index is 2.51. The van der Waals surface area contributed by atoms with Gasteiger partial charge in [0.05, 0.1) is 12.8 Å². The second-order valence-electron chi connectivity index (χ2n) is 3.81. The summed E-state index contributed by atoms with van der Waals surface area (Å²) in [5.41, 5.74) is 2.29. The van der Waals surface area contributed by atoms with Crippen LogP contribution in [0.2, 0.25) is 0 Å². The highest BCUT2D eigenvalue weighted by molar-refractivity contribution is 5.35. The summed E-state index contributed by atoms with van der Waals surface area (Å²) in [5.74, 6) is 1.53. The molecule has 1 N–H and O–H groups in total. The zero-order valence-corrected chi connectivity index (χ0v) is 9.50. The largest absolute Gasteiger partial charge is 0.481 e. The molecular formula is C11H17N3O. The fourth-order valence-electron chi connectivity index (χ4n) is 2.09. The van der Waals surface area contributed by atoms with E-state index >= 15 is 0 Å². The Morgan fingerprint density at radius 2 is 2.27 bits per heavy atom. The summed E-state index contributed by atoms with van der Waals surface area (Å²) in [6.45, 7) is 5.05. The number of fused-ring (bicyclic) bond motifs is 1. The number of ether oxygens (including phenoxy) is 1. The van der Waals surface area contributed by atoms with Gasteiger partial charge in [0.15, 0.2) is 0 Å². The van der Waals surface area contributed by atoms with Crippen LogP contribution in [0.3, 0.4) is 0 Å². The number of rotatable bonds is 2. The molecule has 0 spiro atoms. The van der Waals surface area contributed by atoms with Crippen LogP contribution < -0.4 is 10.1 Å². The molecule has 0 aliphatic carbocycles. The van der Waals surface area contributed by atoms with Crippen molar-refractivity contribution >= 4 is 0 Å². The number of aromatic nitrogens is 2. The van der Waals surface area contributed by atoms with Crippen LogP contribution in [-0.2, 0) is 6.42 Å². The maximum Gasteiger partial charge on any atom is 0.219 e. The van der Waals surface area contributed by atoms with Crippen molar-refractivity contribution in [3.05, 3.63) is 17.1 Å². The molecule has 0 saturated carbocycles. The molecule has 1 aliphatic heterocycles. The molecule has 0 radical (unpaired) electrons. The van der Waals surface area contributed by atoms with Crippen molar-refractivity contribution in [2.75, 3.05) is 13.7 Å². The summed E-state index contributed by atoms with van der Waals surface area (Å²) in [4.78, 5) is 8.83. The quantitative estimate of drug-likeness (QED) is 0.796. The number of hydrogen-bond donors (Lipinski definition) is 1. The van der Waals surface area contributed by atoms with E-state index in [0.717, 1.165) is 36.8 Å². The second kappa shape index (κ2) is 4.14. The Hall–Kier alpha value is -1.16. The molecule has 1 unspecified atom stereocenters. The van der Waals surface area contributed by atoms with Gasteiger partial charge in [0.1, 0.15) is 5.82 Å². The van der Waals surface area contributed by atoms with Crippen LogP contribution in [0.4, 0.5) is 0 Å². The first-order chi connectivity index (χ1) is 7.26. The minimum atomic E-state index is 0.351. The molecule has 0 fully saturated rings. The van der Waals surface area contributed by atoms with Gasteiger partial charge in [-0.15, -0.1) is 0 Å². The highest BCUT2D eigenvalue weighted by Gasteiger charge is 2.23. The molecule has 15 heavy (non-hydrogen) atoms. The van der Waals surface area contributed by atoms with E-state index in [9.17, 15) is 0 Å². The van der Waals surface area contributed by atoms with Gasteiger partial charge in [-0.2, -0.15) is 4.98 Å². The van der Waals surface area contributed by atoms with E-state index in [1.54, 1.807) is 7.11 Å². The molecule has 0 bridgehead atoms. The molecule has 4 heteroatoms. The third-order valence-corrected chi connectivity index (χ3v) is 2.81. The fraction of sp³-hybridized carbons (Fsp3) is 0.636. The normalized spacial score (nSPS) is 19.8. The standard InChI is InChI=1S/C11H17N3O/c1-4-9-10-8(5-6-12-9)11(15-3)14-7(2)13-10/h9,12H,4-6H2,1-3H3. The molecule has 1 atom stereocenters. The van der Waals surface area contributed by atoms with Gasteiger partial charge in [0.25, 0.3) is 0 Å². The summed E-state index contributed by atoms with van der Waals surface area (Å²) < 4.78 is 5.31. The van der Waals surface area contributed by atoms with Gasteiger partial charge < -0.3 is 10.1 Å². The maximum absolute atomic E-state index is 5.31. The zero-order chi connectivity index (χ0) is 10.8. The Bertz CT molecular complexity index is 365. The number of aryl methyl sites for hydroxylation is 1. The van der Waals surface area contributed by atoms with Gasteiger partial charge in [-0.05, 0) is 19.8 Å². The first-order valence-electron chi connectivity index (χ1n) is 5.41. The van der Waals surface area contributed by atoms with Gasteiger partial charge in [0, 0.05) is 18.2 Å². The van der Waals surface area contributed by atoms with Crippen molar-refractivity contribution in [1.82, 2.24) is 15.3 Å². The molecule has 0 aromatic carbocycles. The van der Waals surface area contributed by atoms with Crippen molar-refractivity contribution in [3.63, 3.8) is 0 Å². The summed E-state index contributed by atoms with van der Waals surface area (Å²) in [6, 6.07) is 0.351. The number of nitrogens with zero attached hydrogens (tertiary/aromatic N) is 2. The van der Waals surface area contributed by atoms with E-state index in [-0.39, 0.29) is 0 Å². The minimum absolute atomic E-state index is 0.351. The number of nitrogens with one attached hydrogen (secondary N) is 1. The predicted octanol–water partition coefficient (Wildman–Crippen LogP) is 1.39. The van der Waals surface area contributed by atoms with Crippen molar-refractivity contribution in [3.8, 4) is 5.88 Å². The lowest BCUT2D eigenvalue weighted by molar-refractivity contribution is 0.377. The molecule has 1 aliphatic rings. The van der Waals surface area contributed by atoms with Gasteiger partial charge in [0.2, 0.25) is 5.88 Å². The highest BCUT2D eigenvalue weighted by atomic mass is 16.5. The van der Waals surface area contributed by atoms with E-state index in [0.29, 0.717) is 6.04 Å². The van der Waals surface area contributed by atoms with E-state index in [1.165, 1.54) is 5.56 Å². The highest BCUT2D eigenvalue weighted by Crippen LogP contribution is 2.28. The fourth-order valence-corrected chi connectivity index (χ4v) is 2.09. The summed E-state index contributed by atoms with van der Waals surface area (Å²) in [7, 11) is 1.67. The van der Waals surface area contributed by atoms with Crippen LogP contribution in [0.5, 0.6) is 5.88 Å². The van der Waals surface area contributed by atoms with E-state index in [2.05, 4.69) is 22.2 Å². The second-order valence-corrected chi connectivity index (χ2v) is 3.81. The first kappa shape index (κ1) is 10.4. The molecule has 1 aromatic heterocycles. The topological polar surface area (TPSA) is 47.0 Å². The molecule has 4 nitrogen and oxygen atoms in total. The van der Waals surface area contributed by atoms with Gasteiger partial charge in [-0.25, -0.2) is 4.98 Å². The lowest BCUT2D eigenvalue weighted by Gasteiger charge is -2.25. The van der Waals surface area contributed by atoms with Crippen molar-refractivity contribution < 1.29 is 4.74 Å². The molecular weight excluding hydrogens is 190 g/mol. The Morgan fingerprint density at radius 1 is 1.47 bits per heavy atom. The van der Waals surface area contributed by atoms with Gasteiger partial charge in [-0.1, -0.05) is 6.92 Å². The Labute approximate surface area is 90.1 Å². The average Bonchev–Trinajstić information content (AvgIpc) is 2.27. The van der Waals surface area contributed by atoms with Crippen LogP contribution >= 0.6 is 0 Å². The molecule has 0 saturated heterocycles. The van der Waals surface area contributed by atoms with Gasteiger partial charge >= 0.3 is 0 Å². The van der Waals surface area contributed by atoms with Crippen LogP contribution in [0, 0.1) is 6.92 Å². The third-order valence-electron chi connectivity index (χ3n) is 2.81. The number of hydrogen-bond acceptors (Lipinski definition) is 4. The molecule has 82 valence electrons. The Morgan fingerprint density at radius 3 is 2.93 bits per heavy atom.